The van der Waals surface area contributed by atoms with Gasteiger partial charge in [-0.1, -0.05) is 19.9 Å². The van der Waals surface area contributed by atoms with Gasteiger partial charge in [0.25, 0.3) is 0 Å². The zero-order valence-electron chi connectivity index (χ0n) is 14.2. The lowest BCUT2D eigenvalue weighted by Crippen LogP contribution is -2.45. The topological polar surface area (TPSA) is 67.6 Å². The predicted molar refractivity (Wildman–Crippen MR) is 90.9 cm³/mol. The maximum Gasteiger partial charge on any atom is 0.311 e. The van der Waals surface area contributed by atoms with Crippen molar-refractivity contribution >= 4 is 5.69 Å². The van der Waals surface area contributed by atoms with Gasteiger partial charge in [0.15, 0.2) is 5.75 Å². The second-order valence-electron chi connectivity index (χ2n) is 6.35. The number of nitro groups is 1. The minimum atomic E-state index is -0.349. The van der Waals surface area contributed by atoms with Gasteiger partial charge in [-0.2, -0.15) is 0 Å². The van der Waals surface area contributed by atoms with Crippen LogP contribution in [0.2, 0.25) is 0 Å². The van der Waals surface area contributed by atoms with Gasteiger partial charge >= 0.3 is 5.69 Å². The molecule has 1 atom stereocenters. The van der Waals surface area contributed by atoms with Crippen LogP contribution in [-0.2, 0) is 0 Å². The van der Waals surface area contributed by atoms with E-state index in [4.69, 9.17) is 4.74 Å². The summed E-state index contributed by atoms with van der Waals surface area (Å²) in [6, 6.07) is 5.63. The van der Waals surface area contributed by atoms with Crippen LogP contribution in [0.3, 0.4) is 0 Å². The van der Waals surface area contributed by atoms with Crippen molar-refractivity contribution in [3.05, 3.63) is 33.9 Å². The number of piperazine rings is 1. The molecule has 0 saturated carbocycles. The van der Waals surface area contributed by atoms with Crippen LogP contribution in [0.1, 0.15) is 38.8 Å². The summed E-state index contributed by atoms with van der Waals surface area (Å²) in [5.74, 6) is 0.880. The number of benzene rings is 1. The van der Waals surface area contributed by atoms with E-state index in [0.29, 0.717) is 18.3 Å². The van der Waals surface area contributed by atoms with Crippen LogP contribution in [0.25, 0.3) is 0 Å². The van der Waals surface area contributed by atoms with Crippen LogP contribution in [0, 0.1) is 16.0 Å². The first-order chi connectivity index (χ1) is 11.0. The summed E-state index contributed by atoms with van der Waals surface area (Å²) in [5.41, 5.74) is 1.07. The molecule has 2 rings (SSSR count). The Kier molecular flexibility index (Phi) is 6.36. The maximum atomic E-state index is 11.4. The van der Waals surface area contributed by atoms with Crippen LogP contribution in [0.15, 0.2) is 18.2 Å². The summed E-state index contributed by atoms with van der Waals surface area (Å²) in [4.78, 5) is 13.4. The van der Waals surface area contributed by atoms with E-state index in [1.165, 1.54) is 0 Å². The Bertz CT molecular complexity index is 528. The van der Waals surface area contributed by atoms with Gasteiger partial charge in [0, 0.05) is 38.3 Å². The Balaban J connectivity index is 2.33. The lowest BCUT2D eigenvalue weighted by Gasteiger charge is -2.36. The fourth-order valence-corrected chi connectivity index (χ4v) is 3.10. The van der Waals surface area contributed by atoms with Crippen molar-refractivity contribution in [2.24, 2.45) is 5.92 Å². The van der Waals surface area contributed by atoms with E-state index in [1.807, 2.05) is 13.0 Å². The number of nitrogens with zero attached hydrogens (tertiary/aromatic N) is 2. The Morgan fingerprint density at radius 2 is 2.04 bits per heavy atom. The molecule has 1 aliphatic heterocycles. The van der Waals surface area contributed by atoms with Crippen molar-refractivity contribution in [3.63, 3.8) is 0 Å². The third-order valence-corrected chi connectivity index (χ3v) is 4.15. The first-order valence-corrected chi connectivity index (χ1v) is 8.38. The van der Waals surface area contributed by atoms with Gasteiger partial charge < -0.3 is 10.1 Å². The van der Waals surface area contributed by atoms with Gasteiger partial charge in [-0.05, 0) is 30.9 Å². The molecule has 23 heavy (non-hydrogen) atoms. The predicted octanol–water partition coefficient (Wildman–Crippen LogP) is 2.99. The lowest BCUT2D eigenvalue weighted by atomic mass is 9.94. The highest BCUT2D eigenvalue weighted by Crippen LogP contribution is 2.34. The van der Waals surface area contributed by atoms with Crippen molar-refractivity contribution in [1.82, 2.24) is 10.2 Å². The molecule has 1 unspecified atom stereocenters. The molecule has 1 N–H and O–H groups in total. The van der Waals surface area contributed by atoms with Gasteiger partial charge in [0.1, 0.15) is 0 Å². The summed E-state index contributed by atoms with van der Waals surface area (Å²) in [6.45, 7) is 10.5. The number of hydrogen-bond acceptors (Lipinski definition) is 5. The summed E-state index contributed by atoms with van der Waals surface area (Å²) < 4.78 is 5.39. The summed E-state index contributed by atoms with van der Waals surface area (Å²) >= 11 is 0. The van der Waals surface area contributed by atoms with Gasteiger partial charge in [0.05, 0.1) is 11.5 Å². The highest BCUT2D eigenvalue weighted by Gasteiger charge is 2.26. The second-order valence-corrected chi connectivity index (χ2v) is 6.35. The molecule has 1 fully saturated rings. The molecule has 1 aliphatic rings. The van der Waals surface area contributed by atoms with Crippen molar-refractivity contribution in [2.45, 2.75) is 33.2 Å². The Labute approximate surface area is 138 Å². The summed E-state index contributed by atoms with van der Waals surface area (Å²) in [5, 5.41) is 14.7. The van der Waals surface area contributed by atoms with Crippen molar-refractivity contribution in [3.8, 4) is 5.75 Å². The van der Waals surface area contributed by atoms with Crippen molar-refractivity contribution in [1.29, 1.82) is 0 Å². The summed E-state index contributed by atoms with van der Waals surface area (Å²) in [6.07, 6.45) is 0.991. The number of nitro benzene ring substituents is 1. The fourth-order valence-electron chi connectivity index (χ4n) is 3.10. The molecular formula is C17H27N3O3. The van der Waals surface area contributed by atoms with Crippen LogP contribution < -0.4 is 10.1 Å². The first-order valence-electron chi connectivity index (χ1n) is 8.38. The molecule has 6 nitrogen and oxygen atoms in total. The van der Waals surface area contributed by atoms with Gasteiger partial charge in [-0.3, -0.25) is 15.0 Å². The van der Waals surface area contributed by atoms with Crippen LogP contribution >= 0.6 is 0 Å². The smallest absolute Gasteiger partial charge is 0.311 e. The molecule has 1 heterocycles. The van der Waals surface area contributed by atoms with E-state index in [9.17, 15) is 10.1 Å². The molecule has 0 aliphatic carbocycles. The fraction of sp³-hybridized carbons (Fsp3) is 0.647. The van der Waals surface area contributed by atoms with E-state index < -0.39 is 0 Å². The summed E-state index contributed by atoms with van der Waals surface area (Å²) in [7, 11) is 0. The SMILES string of the molecule is CCOc1ccc(C(CC(C)C)N2CCNCC2)cc1[N+](=O)[O-]. The average Bonchev–Trinajstić information content (AvgIpc) is 2.54. The maximum absolute atomic E-state index is 11.4. The lowest BCUT2D eigenvalue weighted by molar-refractivity contribution is -0.385. The molecule has 0 bridgehead atoms. The average molecular weight is 321 g/mol. The normalized spacial score (nSPS) is 17.2. The Morgan fingerprint density at radius 1 is 1.35 bits per heavy atom. The zero-order chi connectivity index (χ0) is 16.8. The number of nitrogens with one attached hydrogen (secondary N) is 1. The molecule has 1 aromatic carbocycles. The molecule has 1 aromatic rings. The van der Waals surface area contributed by atoms with Crippen molar-refractivity contribution in [2.75, 3.05) is 32.8 Å². The minimum absolute atomic E-state index is 0.0632. The highest BCUT2D eigenvalue weighted by atomic mass is 16.6. The van der Waals surface area contributed by atoms with Crippen LogP contribution in [0.5, 0.6) is 5.75 Å². The molecule has 0 radical (unpaired) electrons. The molecular weight excluding hydrogens is 294 g/mol. The number of ether oxygens (including phenoxy) is 1. The van der Waals surface area contributed by atoms with Gasteiger partial charge in [0.2, 0.25) is 0 Å². The minimum Gasteiger partial charge on any atom is -0.487 e. The van der Waals surface area contributed by atoms with Crippen molar-refractivity contribution < 1.29 is 9.66 Å². The molecule has 1 saturated heterocycles. The van der Waals surface area contributed by atoms with E-state index in [1.54, 1.807) is 12.1 Å². The van der Waals surface area contributed by atoms with Gasteiger partial charge in [-0.15, -0.1) is 0 Å². The molecule has 0 amide bonds. The molecule has 0 aromatic heterocycles. The largest absolute Gasteiger partial charge is 0.487 e. The third kappa shape index (κ3) is 4.65. The van der Waals surface area contributed by atoms with Crippen LogP contribution in [-0.4, -0.2) is 42.6 Å². The van der Waals surface area contributed by atoms with E-state index in [-0.39, 0.29) is 16.7 Å². The Hall–Kier alpha value is -1.66. The molecule has 0 spiro atoms. The first kappa shape index (κ1) is 17.7. The number of hydrogen-bond donors (Lipinski definition) is 1. The monoisotopic (exact) mass is 321 g/mol. The Morgan fingerprint density at radius 3 is 2.61 bits per heavy atom. The third-order valence-electron chi connectivity index (χ3n) is 4.15. The van der Waals surface area contributed by atoms with Crippen LogP contribution in [0.4, 0.5) is 5.69 Å². The second kappa shape index (κ2) is 8.26. The molecule has 128 valence electrons. The molecule has 6 heteroatoms. The highest BCUT2D eigenvalue weighted by molar-refractivity contribution is 5.49. The standard InChI is InChI=1S/C17H27N3O3/c1-4-23-17-6-5-14(12-16(17)20(21)22)15(11-13(2)3)19-9-7-18-8-10-19/h5-6,12-13,15,18H,4,7-11H2,1-3H3. The van der Waals surface area contributed by atoms with E-state index in [0.717, 1.165) is 38.2 Å². The number of rotatable bonds is 7. The zero-order valence-corrected chi connectivity index (χ0v) is 14.2. The van der Waals surface area contributed by atoms with E-state index in [2.05, 4.69) is 24.1 Å². The van der Waals surface area contributed by atoms with Gasteiger partial charge in [-0.25, -0.2) is 0 Å². The quantitative estimate of drug-likeness (QED) is 0.618. The van der Waals surface area contributed by atoms with E-state index >= 15 is 0 Å².